The van der Waals surface area contributed by atoms with Gasteiger partial charge in [-0.2, -0.15) is 0 Å². The molecule has 0 bridgehead atoms. The van der Waals surface area contributed by atoms with E-state index in [1.165, 1.54) is 0 Å². The Morgan fingerprint density at radius 2 is 0.838 bits per heavy atom. The molecule has 0 spiro atoms. The van der Waals surface area contributed by atoms with Crippen LogP contribution < -0.4 is 18.1 Å². The second-order valence-electron chi connectivity index (χ2n) is 7.53. The molecule has 4 aromatic carbocycles. The van der Waals surface area contributed by atoms with E-state index in [9.17, 15) is 9.13 Å². The zero-order chi connectivity index (χ0) is 26.1. The summed E-state index contributed by atoms with van der Waals surface area (Å²) in [6, 6.07) is 34.0. The summed E-state index contributed by atoms with van der Waals surface area (Å²) in [7, 11) is 4.55. The second-order valence-corrected chi connectivity index (χ2v) is 15.8. The fourth-order valence-electron chi connectivity index (χ4n) is 3.15. The summed E-state index contributed by atoms with van der Waals surface area (Å²) in [5.41, 5.74) is 0. The molecule has 0 aliphatic heterocycles. The standard InChI is InChI=1S/C26H23O6P2.2ClH.Ni/c27-33(29-23-13-5-1-6-14-23,30-24-15-7-2-8-16-24)21-22-34(28,31-25-17-9-3-10-18-25)32-26-19-11-4-12-20-26;;;/h1-21H,22H2;2*1H;/q;;;+2/p-2. The summed E-state index contributed by atoms with van der Waals surface area (Å²) in [5, 5.41) is 0. The molecule has 197 valence electrons. The van der Waals surface area contributed by atoms with Crippen molar-refractivity contribution >= 4 is 35.6 Å². The average molecular weight is 623 g/mol. The molecule has 0 aromatic heterocycles. The van der Waals surface area contributed by atoms with E-state index in [0.29, 0.717) is 11.5 Å². The summed E-state index contributed by atoms with van der Waals surface area (Å²) >= 11 is -1.79. The van der Waals surface area contributed by atoms with Crippen LogP contribution in [-0.2, 0) is 20.8 Å². The van der Waals surface area contributed by atoms with Crippen molar-refractivity contribution in [2.24, 2.45) is 0 Å². The minimum atomic E-state index is -4.21. The molecule has 37 heavy (non-hydrogen) atoms. The molecular formula is C26H23Cl2NiO6P2. The van der Waals surface area contributed by atoms with E-state index in [0.717, 1.165) is 0 Å². The van der Waals surface area contributed by atoms with Gasteiger partial charge in [0.1, 0.15) is 0 Å². The molecule has 0 fully saturated rings. The summed E-state index contributed by atoms with van der Waals surface area (Å²) in [6.45, 7) is 0. The van der Waals surface area contributed by atoms with Crippen LogP contribution in [0.5, 0.6) is 23.0 Å². The molecule has 4 rings (SSSR count). The van der Waals surface area contributed by atoms with Crippen LogP contribution in [0.1, 0.15) is 0 Å². The van der Waals surface area contributed by atoms with Gasteiger partial charge in [-0.25, -0.2) is 0 Å². The summed E-state index contributed by atoms with van der Waals surface area (Å²) in [5.74, 6) is 1.15. The van der Waals surface area contributed by atoms with Crippen LogP contribution >= 0.6 is 35.6 Å². The third-order valence-electron chi connectivity index (χ3n) is 4.77. The molecule has 6 nitrogen and oxygen atoms in total. The van der Waals surface area contributed by atoms with Gasteiger partial charge in [0.05, 0.1) is 0 Å². The van der Waals surface area contributed by atoms with Crippen molar-refractivity contribution in [2.45, 2.75) is 4.63 Å². The maximum absolute atomic E-state index is 14.4. The van der Waals surface area contributed by atoms with Gasteiger partial charge in [-0.05, 0) is 0 Å². The van der Waals surface area contributed by atoms with E-state index >= 15 is 0 Å². The van der Waals surface area contributed by atoms with Gasteiger partial charge in [0.2, 0.25) is 0 Å². The van der Waals surface area contributed by atoms with Crippen LogP contribution in [-0.4, -0.2) is 10.8 Å². The molecular weight excluding hydrogens is 600 g/mol. The normalized spacial score (nSPS) is 12.8. The molecule has 0 N–H and O–H groups in total. The molecule has 0 saturated heterocycles. The fourth-order valence-corrected chi connectivity index (χ4v) is 12.3. The van der Waals surface area contributed by atoms with Crippen LogP contribution in [0, 0.1) is 0 Å². The van der Waals surface area contributed by atoms with Crippen molar-refractivity contribution in [2.75, 3.05) is 6.16 Å². The molecule has 0 radical (unpaired) electrons. The molecule has 11 heteroatoms. The first-order valence-corrected chi connectivity index (χ1v) is 17.6. The van der Waals surface area contributed by atoms with Gasteiger partial charge in [0.15, 0.2) is 0 Å². The summed E-state index contributed by atoms with van der Waals surface area (Å²) in [4.78, 5) is 0. The summed E-state index contributed by atoms with van der Waals surface area (Å²) in [6.07, 6.45) is -0.448. The number of benzene rings is 4. The molecule has 0 saturated carbocycles. The van der Waals surface area contributed by atoms with Crippen molar-refractivity contribution < 1.29 is 38.9 Å². The Bertz CT molecular complexity index is 1260. The van der Waals surface area contributed by atoms with Crippen molar-refractivity contribution in [3.8, 4) is 23.0 Å². The van der Waals surface area contributed by atoms with Gasteiger partial charge in [-0.3, -0.25) is 0 Å². The van der Waals surface area contributed by atoms with E-state index < -0.39 is 37.6 Å². The van der Waals surface area contributed by atoms with Gasteiger partial charge < -0.3 is 0 Å². The van der Waals surface area contributed by atoms with Crippen molar-refractivity contribution in [1.29, 1.82) is 0 Å². The van der Waals surface area contributed by atoms with Gasteiger partial charge in [-0.15, -0.1) is 0 Å². The maximum atomic E-state index is 14.4. The molecule has 0 aliphatic rings. The van der Waals surface area contributed by atoms with Gasteiger partial charge in [0.25, 0.3) is 0 Å². The monoisotopic (exact) mass is 621 g/mol. The van der Waals surface area contributed by atoms with Crippen molar-refractivity contribution in [3.05, 3.63) is 121 Å². The molecule has 1 atom stereocenters. The Balaban J connectivity index is 1.73. The zero-order valence-electron chi connectivity index (χ0n) is 19.2. The Morgan fingerprint density at radius 1 is 0.541 bits per heavy atom. The van der Waals surface area contributed by atoms with Gasteiger partial charge in [-0.1, -0.05) is 0 Å². The average Bonchev–Trinajstić information content (AvgIpc) is 2.89. The molecule has 4 aromatic rings. The van der Waals surface area contributed by atoms with Crippen LogP contribution in [0.15, 0.2) is 121 Å². The fraction of sp³-hybridized carbons (Fsp3) is 0.0769. The van der Waals surface area contributed by atoms with Gasteiger partial charge >= 0.3 is 230 Å². The topological polar surface area (TPSA) is 71.1 Å². The SMILES string of the molecule is O=P(C[CH]([Ni]([Cl])[Cl])P(=O)(Oc1ccccc1)Oc1ccccc1)(Oc1ccccc1)Oc1ccccc1. The number of halogens is 2. The first-order valence-electron chi connectivity index (χ1n) is 11.0. The van der Waals surface area contributed by atoms with E-state index in [4.69, 9.17) is 38.5 Å². The Labute approximate surface area is 228 Å². The predicted octanol–water partition coefficient (Wildman–Crippen LogP) is 8.94. The Morgan fingerprint density at radius 3 is 1.14 bits per heavy atom. The van der Waals surface area contributed by atoms with E-state index in [1.807, 2.05) is 0 Å². The molecule has 0 amide bonds. The second kappa shape index (κ2) is 12.9. The van der Waals surface area contributed by atoms with Gasteiger partial charge in [0, 0.05) is 0 Å². The third kappa shape index (κ3) is 8.05. The quantitative estimate of drug-likeness (QED) is 0.116. The predicted molar refractivity (Wildman–Crippen MR) is 144 cm³/mol. The third-order valence-corrected chi connectivity index (χ3v) is 13.4. The molecule has 1 unspecified atom stereocenters. The zero-order valence-corrected chi connectivity index (χ0v) is 23.5. The van der Waals surface area contributed by atoms with Crippen molar-refractivity contribution in [3.63, 3.8) is 0 Å². The number of rotatable bonds is 12. The van der Waals surface area contributed by atoms with E-state index in [2.05, 4.69) is 0 Å². The Hall–Kier alpha value is -2.39. The number of hydrogen-bond donors (Lipinski definition) is 0. The first-order chi connectivity index (χ1) is 17.9. The van der Waals surface area contributed by atoms with E-state index in [1.54, 1.807) is 121 Å². The molecule has 0 aliphatic carbocycles. The summed E-state index contributed by atoms with van der Waals surface area (Å²) < 4.78 is 51.0. The Kier molecular flexibility index (Phi) is 9.65. The van der Waals surface area contributed by atoms with Crippen LogP contribution in [0.3, 0.4) is 0 Å². The van der Waals surface area contributed by atoms with E-state index in [-0.39, 0.29) is 11.5 Å². The number of hydrogen-bond acceptors (Lipinski definition) is 6. The van der Waals surface area contributed by atoms with Crippen molar-refractivity contribution in [1.82, 2.24) is 0 Å². The first kappa shape index (κ1) is 27.6. The number of para-hydroxylation sites is 4. The van der Waals surface area contributed by atoms with Crippen LogP contribution in [0.4, 0.5) is 0 Å². The minimum absolute atomic E-state index is 0.274. The van der Waals surface area contributed by atoms with Crippen LogP contribution in [0.2, 0.25) is 0 Å². The van der Waals surface area contributed by atoms with Crippen LogP contribution in [0.25, 0.3) is 0 Å². The molecule has 0 heterocycles.